The lowest BCUT2D eigenvalue weighted by molar-refractivity contribution is 0.0678. The molecule has 2 aromatic rings. The fourth-order valence-electron chi connectivity index (χ4n) is 3.16. The summed E-state index contributed by atoms with van der Waals surface area (Å²) in [7, 11) is 0. The van der Waals surface area contributed by atoms with E-state index in [0.717, 1.165) is 36.1 Å². The van der Waals surface area contributed by atoms with E-state index in [1.807, 2.05) is 11.0 Å². The van der Waals surface area contributed by atoms with Gasteiger partial charge >= 0.3 is 0 Å². The van der Waals surface area contributed by atoms with Gasteiger partial charge in [0.25, 0.3) is 5.91 Å². The van der Waals surface area contributed by atoms with Crippen LogP contribution in [0.5, 0.6) is 0 Å². The number of nitrogens with zero attached hydrogens (tertiary/aromatic N) is 1. The van der Waals surface area contributed by atoms with Crippen molar-refractivity contribution in [1.82, 2.24) is 9.88 Å². The third kappa shape index (κ3) is 2.82. The Labute approximate surface area is 126 Å². The van der Waals surface area contributed by atoms with E-state index in [2.05, 4.69) is 44.0 Å². The molecule has 0 saturated carbocycles. The SMILES string of the molecule is CC1CCCN(C(=O)c2cc3ccc(C(C)C)cc3[nH]2)C1. The molecule has 0 aliphatic carbocycles. The maximum Gasteiger partial charge on any atom is 0.270 e. The molecule has 1 atom stereocenters. The topological polar surface area (TPSA) is 36.1 Å². The Balaban J connectivity index is 1.88. The van der Waals surface area contributed by atoms with Gasteiger partial charge < -0.3 is 9.88 Å². The summed E-state index contributed by atoms with van der Waals surface area (Å²) < 4.78 is 0. The minimum absolute atomic E-state index is 0.142. The minimum Gasteiger partial charge on any atom is -0.351 e. The number of rotatable bonds is 2. The van der Waals surface area contributed by atoms with E-state index in [9.17, 15) is 4.79 Å². The fraction of sp³-hybridized carbons (Fsp3) is 0.500. The van der Waals surface area contributed by atoms with E-state index < -0.39 is 0 Å². The molecular formula is C18H24N2O. The average Bonchev–Trinajstić information content (AvgIpc) is 2.89. The largest absolute Gasteiger partial charge is 0.351 e. The van der Waals surface area contributed by atoms with Crippen LogP contribution in [0.1, 0.15) is 55.6 Å². The van der Waals surface area contributed by atoms with Crippen molar-refractivity contribution in [3.8, 4) is 0 Å². The van der Waals surface area contributed by atoms with E-state index in [1.54, 1.807) is 0 Å². The molecule has 3 rings (SSSR count). The number of H-pyrrole nitrogens is 1. The molecule has 0 bridgehead atoms. The zero-order valence-electron chi connectivity index (χ0n) is 13.1. The summed E-state index contributed by atoms with van der Waals surface area (Å²) >= 11 is 0. The lowest BCUT2D eigenvalue weighted by Gasteiger charge is -2.30. The van der Waals surface area contributed by atoms with Crippen LogP contribution in [0.25, 0.3) is 10.9 Å². The number of fused-ring (bicyclic) bond motifs is 1. The van der Waals surface area contributed by atoms with E-state index in [1.165, 1.54) is 12.0 Å². The number of benzene rings is 1. The van der Waals surface area contributed by atoms with Gasteiger partial charge in [0.05, 0.1) is 0 Å². The molecule has 3 nitrogen and oxygen atoms in total. The highest BCUT2D eigenvalue weighted by atomic mass is 16.2. The summed E-state index contributed by atoms with van der Waals surface area (Å²) in [4.78, 5) is 17.9. The Bertz CT molecular complexity index is 656. The van der Waals surface area contributed by atoms with Crippen LogP contribution in [0.4, 0.5) is 0 Å². The molecule has 3 heteroatoms. The number of carbonyl (C=O) groups excluding carboxylic acids is 1. The summed E-state index contributed by atoms with van der Waals surface area (Å²) in [5.74, 6) is 1.25. The summed E-state index contributed by atoms with van der Waals surface area (Å²) in [5, 5.41) is 1.12. The van der Waals surface area contributed by atoms with Gasteiger partial charge in [0.2, 0.25) is 0 Å². The molecule has 1 N–H and O–H groups in total. The lowest BCUT2D eigenvalue weighted by atomic mass is 10.00. The van der Waals surface area contributed by atoms with Gasteiger partial charge in [-0.05, 0) is 42.4 Å². The first-order valence-electron chi connectivity index (χ1n) is 7.96. The molecule has 0 spiro atoms. The van der Waals surface area contributed by atoms with Crippen LogP contribution < -0.4 is 0 Å². The quantitative estimate of drug-likeness (QED) is 0.883. The van der Waals surface area contributed by atoms with E-state index >= 15 is 0 Å². The standard InChI is InChI=1S/C18H24N2O/c1-12(2)14-6-7-15-10-17(19-16(15)9-14)18(21)20-8-4-5-13(3)11-20/h6-7,9-10,12-13,19H,4-5,8,11H2,1-3H3. The van der Waals surface area contributed by atoms with Crippen LogP contribution in [0.2, 0.25) is 0 Å². The summed E-state index contributed by atoms with van der Waals surface area (Å²) in [6, 6.07) is 8.41. The molecule has 1 amide bonds. The zero-order valence-corrected chi connectivity index (χ0v) is 13.1. The number of amides is 1. The lowest BCUT2D eigenvalue weighted by Crippen LogP contribution is -2.39. The summed E-state index contributed by atoms with van der Waals surface area (Å²) in [5.41, 5.74) is 3.09. The van der Waals surface area contributed by atoms with Gasteiger partial charge in [0.1, 0.15) is 5.69 Å². The average molecular weight is 284 g/mol. The number of carbonyl (C=O) groups is 1. The second-order valence-electron chi connectivity index (χ2n) is 6.68. The first-order valence-corrected chi connectivity index (χ1v) is 7.96. The van der Waals surface area contributed by atoms with E-state index in [-0.39, 0.29) is 5.91 Å². The van der Waals surface area contributed by atoms with Gasteiger partial charge in [-0.3, -0.25) is 4.79 Å². The second-order valence-corrected chi connectivity index (χ2v) is 6.68. The van der Waals surface area contributed by atoms with Crippen LogP contribution >= 0.6 is 0 Å². The molecule has 1 fully saturated rings. The molecule has 112 valence electrons. The molecule has 1 unspecified atom stereocenters. The van der Waals surface area contributed by atoms with Crippen molar-refractivity contribution < 1.29 is 4.79 Å². The van der Waals surface area contributed by atoms with Gasteiger partial charge in [-0.25, -0.2) is 0 Å². The molecule has 1 aliphatic rings. The van der Waals surface area contributed by atoms with Crippen molar-refractivity contribution in [3.63, 3.8) is 0 Å². The number of hydrogen-bond donors (Lipinski definition) is 1. The Morgan fingerprint density at radius 2 is 2.14 bits per heavy atom. The van der Waals surface area contributed by atoms with Crippen LogP contribution in [-0.4, -0.2) is 28.9 Å². The van der Waals surface area contributed by atoms with Crippen LogP contribution in [0.3, 0.4) is 0 Å². The van der Waals surface area contributed by atoms with Crippen molar-refractivity contribution in [2.75, 3.05) is 13.1 Å². The number of aromatic nitrogens is 1. The third-order valence-corrected chi connectivity index (χ3v) is 4.49. The molecule has 1 aliphatic heterocycles. The number of hydrogen-bond acceptors (Lipinski definition) is 1. The highest BCUT2D eigenvalue weighted by Gasteiger charge is 2.23. The molecule has 1 saturated heterocycles. The van der Waals surface area contributed by atoms with E-state index in [0.29, 0.717) is 11.8 Å². The predicted molar refractivity (Wildman–Crippen MR) is 86.7 cm³/mol. The first kappa shape index (κ1) is 14.2. The van der Waals surface area contributed by atoms with Crippen LogP contribution in [0, 0.1) is 5.92 Å². The van der Waals surface area contributed by atoms with Crippen molar-refractivity contribution in [2.45, 2.75) is 39.5 Å². The minimum atomic E-state index is 0.142. The predicted octanol–water partition coefficient (Wildman–Crippen LogP) is 4.16. The molecule has 0 radical (unpaired) electrons. The van der Waals surface area contributed by atoms with Gasteiger partial charge in [-0.1, -0.05) is 32.9 Å². The number of piperidine rings is 1. The molecule has 2 heterocycles. The van der Waals surface area contributed by atoms with Gasteiger partial charge in [-0.2, -0.15) is 0 Å². The maximum atomic E-state index is 12.6. The molecule has 21 heavy (non-hydrogen) atoms. The third-order valence-electron chi connectivity index (χ3n) is 4.49. The summed E-state index contributed by atoms with van der Waals surface area (Å²) in [6.45, 7) is 8.36. The van der Waals surface area contributed by atoms with Crippen molar-refractivity contribution >= 4 is 16.8 Å². The smallest absolute Gasteiger partial charge is 0.270 e. The van der Waals surface area contributed by atoms with Gasteiger partial charge in [-0.15, -0.1) is 0 Å². The number of likely N-dealkylation sites (tertiary alicyclic amines) is 1. The van der Waals surface area contributed by atoms with Crippen molar-refractivity contribution in [2.24, 2.45) is 5.92 Å². The van der Waals surface area contributed by atoms with Crippen LogP contribution in [0.15, 0.2) is 24.3 Å². The van der Waals surface area contributed by atoms with Crippen LogP contribution in [-0.2, 0) is 0 Å². The van der Waals surface area contributed by atoms with Gasteiger partial charge in [0.15, 0.2) is 0 Å². The second kappa shape index (κ2) is 5.55. The Morgan fingerprint density at radius 1 is 1.33 bits per heavy atom. The molecule has 1 aromatic heterocycles. The summed E-state index contributed by atoms with van der Waals surface area (Å²) in [6.07, 6.45) is 2.35. The Kier molecular flexibility index (Phi) is 3.75. The molecule has 1 aromatic carbocycles. The number of nitrogens with one attached hydrogen (secondary N) is 1. The zero-order chi connectivity index (χ0) is 15.0. The fourth-order valence-corrected chi connectivity index (χ4v) is 3.16. The van der Waals surface area contributed by atoms with Crippen molar-refractivity contribution in [1.29, 1.82) is 0 Å². The highest BCUT2D eigenvalue weighted by Crippen LogP contribution is 2.23. The maximum absolute atomic E-state index is 12.6. The number of aromatic amines is 1. The normalized spacial score (nSPS) is 19.4. The van der Waals surface area contributed by atoms with Crippen molar-refractivity contribution in [3.05, 3.63) is 35.5 Å². The Morgan fingerprint density at radius 3 is 2.86 bits per heavy atom. The first-order chi connectivity index (χ1) is 10.0. The highest BCUT2D eigenvalue weighted by molar-refractivity contribution is 5.98. The van der Waals surface area contributed by atoms with E-state index in [4.69, 9.17) is 0 Å². The molecular weight excluding hydrogens is 260 g/mol. The monoisotopic (exact) mass is 284 g/mol. The Hall–Kier alpha value is -1.77. The van der Waals surface area contributed by atoms with Gasteiger partial charge in [0, 0.05) is 24.0 Å².